The molecule has 0 aromatic heterocycles. The predicted octanol–water partition coefficient (Wildman–Crippen LogP) is 4.41. The van der Waals surface area contributed by atoms with Crippen LogP contribution >= 0.6 is 0 Å². The number of hydroxylamine groups is 2. The van der Waals surface area contributed by atoms with Crippen LogP contribution in [0.2, 0.25) is 0 Å². The van der Waals surface area contributed by atoms with Gasteiger partial charge >= 0.3 is 0 Å². The Morgan fingerprint density at radius 1 is 1.00 bits per heavy atom. The molecule has 3 aliphatic rings. The van der Waals surface area contributed by atoms with Crippen LogP contribution in [0.5, 0.6) is 0 Å². The fraction of sp³-hybridized carbons (Fsp3) is 0.950. The first kappa shape index (κ1) is 18.2. The first-order chi connectivity index (χ1) is 11.6. The summed E-state index contributed by atoms with van der Waals surface area (Å²) >= 11 is 0. The number of hydrogen-bond acceptors (Lipinski definition) is 3. The fourth-order valence-electron chi connectivity index (χ4n) is 5.64. The smallest absolute Gasteiger partial charge is 0.223 e. The minimum absolute atomic E-state index is 0.0847. The molecule has 0 radical (unpaired) electrons. The van der Waals surface area contributed by atoms with Crippen LogP contribution in [0.4, 0.5) is 0 Å². The summed E-state index contributed by atoms with van der Waals surface area (Å²) in [6.45, 7) is 2.96. The van der Waals surface area contributed by atoms with Gasteiger partial charge in [-0.3, -0.25) is 4.79 Å². The van der Waals surface area contributed by atoms with Gasteiger partial charge < -0.3 is 10.5 Å². The summed E-state index contributed by atoms with van der Waals surface area (Å²) in [7, 11) is 0. The van der Waals surface area contributed by atoms with Crippen molar-refractivity contribution in [2.24, 2.45) is 5.92 Å². The lowest BCUT2D eigenvalue weighted by atomic mass is 9.63. The topological polar surface area (TPSA) is 52.6 Å². The first-order valence-electron chi connectivity index (χ1n) is 10.4. The number of nitrogens with one attached hydrogen (secondary N) is 1. The zero-order chi connectivity index (χ0) is 17.0. The van der Waals surface area contributed by atoms with E-state index in [-0.39, 0.29) is 22.9 Å². The molecule has 1 heterocycles. The zero-order valence-corrected chi connectivity index (χ0v) is 15.5. The second-order valence-electron chi connectivity index (χ2n) is 8.63. The summed E-state index contributed by atoms with van der Waals surface area (Å²) in [5, 5.41) is 16.2. The Morgan fingerprint density at radius 3 is 1.96 bits per heavy atom. The molecule has 4 heteroatoms. The van der Waals surface area contributed by atoms with E-state index < -0.39 is 0 Å². The van der Waals surface area contributed by atoms with Gasteiger partial charge in [0.1, 0.15) is 0 Å². The van der Waals surface area contributed by atoms with Crippen LogP contribution in [-0.4, -0.2) is 33.8 Å². The van der Waals surface area contributed by atoms with Gasteiger partial charge in [0.25, 0.3) is 0 Å². The third-order valence-corrected chi connectivity index (χ3v) is 6.92. The minimum Gasteiger partial charge on any atom is -0.356 e. The molecular formula is C20H36N2O2. The lowest BCUT2D eigenvalue weighted by molar-refractivity contribution is -0.284. The van der Waals surface area contributed by atoms with E-state index >= 15 is 0 Å². The molecule has 4 nitrogen and oxygen atoms in total. The van der Waals surface area contributed by atoms with Gasteiger partial charge in [0.05, 0.1) is 0 Å². The molecule has 2 saturated carbocycles. The maximum atomic E-state index is 12.8. The van der Waals surface area contributed by atoms with Crippen molar-refractivity contribution in [2.75, 3.05) is 6.54 Å². The summed E-state index contributed by atoms with van der Waals surface area (Å²) in [6.07, 6.45) is 15.4. The highest BCUT2D eigenvalue weighted by Gasteiger charge is 2.55. The summed E-state index contributed by atoms with van der Waals surface area (Å²) in [5.74, 6) is 0.327. The van der Waals surface area contributed by atoms with Crippen molar-refractivity contribution in [2.45, 2.75) is 108 Å². The molecule has 1 aliphatic heterocycles. The van der Waals surface area contributed by atoms with E-state index in [1.807, 2.05) is 0 Å². The van der Waals surface area contributed by atoms with Crippen molar-refractivity contribution >= 4 is 5.91 Å². The summed E-state index contributed by atoms with van der Waals surface area (Å²) in [5.41, 5.74) is -0.277. The lowest BCUT2D eigenvalue weighted by Crippen LogP contribution is -2.66. The number of nitrogens with zero attached hydrogens (tertiary/aromatic N) is 1. The van der Waals surface area contributed by atoms with Crippen LogP contribution in [-0.2, 0) is 4.79 Å². The normalized spacial score (nSPS) is 29.7. The first-order valence-corrected chi connectivity index (χ1v) is 10.4. The van der Waals surface area contributed by atoms with Gasteiger partial charge in [-0.15, -0.1) is 0 Å². The van der Waals surface area contributed by atoms with Gasteiger partial charge in [-0.2, -0.15) is 5.06 Å². The lowest BCUT2D eigenvalue weighted by Gasteiger charge is -2.59. The number of amides is 1. The van der Waals surface area contributed by atoms with Gasteiger partial charge in [0.15, 0.2) is 0 Å². The third-order valence-electron chi connectivity index (χ3n) is 6.92. The molecule has 0 aromatic rings. The molecule has 1 saturated heterocycles. The molecule has 0 aromatic carbocycles. The molecule has 2 spiro atoms. The summed E-state index contributed by atoms with van der Waals surface area (Å²) < 4.78 is 0. The minimum atomic E-state index is -0.138. The van der Waals surface area contributed by atoms with E-state index in [9.17, 15) is 10.0 Å². The number of rotatable bonds is 4. The van der Waals surface area contributed by atoms with Crippen LogP contribution in [0, 0.1) is 5.92 Å². The van der Waals surface area contributed by atoms with Gasteiger partial charge in [-0.05, 0) is 44.9 Å². The number of unbranched alkanes of at least 4 members (excludes halogenated alkanes) is 1. The molecule has 3 fully saturated rings. The highest BCUT2D eigenvalue weighted by molar-refractivity contribution is 5.79. The SMILES string of the molecule is CCCCNC(=O)C1CC2(CCCCC2)N(O)C2(CCCCC2)C1. The second kappa shape index (κ2) is 7.74. The van der Waals surface area contributed by atoms with E-state index in [4.69, 9.17) is 0 Å². The molecule has 0 bridgehead atoms. The van der Waals surface area contributed by atoms with Crippen molar-refractivity contribution in [1.29, 1.82) is 0 Å². The van der Waals surface area contributed by atoms with E-state index in [1.165, 1.54) is 38.5 Å². The Balaban J connectivity index is 1.78. The Morgan fingerprint density at radius 2 is 1.50 bits per heavy atom. The molecule has 24 heavy (non-hydrogen) atoms. The van der Waals surface area contributed by atoms with Crippen molar-refractivity contribution in [3.8, 4) is 0 Å². The Labute approximate surface area is 147 Å². The fourth-order valence-corrected chi connectivity index (χ4v) is 5.64. The average molecular weight is 337 g/mol. The van der Waals surface area contributed by atoms with Crippen molar-refractivity contribution in [3.63, 3.8) is 0 Å². The van der Waals surface area contributed by atoms with Crippen LogP contribution in [0.1, 0.15) is 96.8 Å². The van der Waals surface area contributed by atoms with Crippen LogP contribution < -0.4 is 5.32 Å². The number of carbonyl (C=O) groups is 1. The molecule has 1 amide bonds. The molecule has 0 unspecified atom stereocenters. The van der Waals surface area contributed by atoms with Crippen LogP contribution in [0.25, 0.3) is 0 Å². The third kappa shape index (κ3) is 3.50. The molecule has 2 aliphatic carbocycles. The monoisotopic (exact) mass is 336 g/mol. The second-order valence-corrected chi connectivity index (χ2v) is 8.63. The van der Waals surface area contributed by atoms with Gasteiger partial charge in [0.2, 0.25) is 5.91 Å². The van der Waals surface area contributed by atoms with Crippen molar-refractivity contribution in [3.05, 3.63) is 0 Å². The maximum absolute atomic E-state index is 12.8. The van der Waals surface area contributed by atoms with Crippen molar-refractivity contribution < 1.29 is 10.0 Å². The highest BCUT2D eigenvalue weighted by Crippen LogP contribution is 2.52. The van der Waals surface area contributed by atoms with Crippen LogP contribution in [0.3, 0.4) is 0 Å². The van der Waals surface area contributed by atoms with E-state index in [0.29, 0.717) is 0 Å². The van der Waals surface area contributed by atoms with Gasteiger partial charge in [0, 0.05) is 23.5 Å². The van der Waals surface area contributed by atoms with Gasteiger partial charge in [-0.25, -0.2) is 0 Å². The highest BCUT2D eigenvalue weighted by atomic mass is 16.5. The van der Waals surface area contributed by atoms with Crippen LogP contribution in [0.15, 0.2) is 0 Å². The molecule has 0 atom stereocenters. The Kier molecular flexibility index (Phi) is 5.86. The summed E-state index contributed by atoms with van der Waals surface area (Å²) in [6, 6.07) is 0. The van der Waals surface area contributed by atoms with E-state index in [0.717, 1.165) is 57.9 Å². The number of hydrogen-bond donors (Lipinski definition) is 2. The molecular weight excluding hydrogens is 300 g/mol. The van der Waals surface area contributed by atoms with E-state index in [1.54, 1.807) is 5.06 Å². The number of carbonyl (C=O) groups excluding carboxylic acids is 1. The molecule has 2 N–H and O–H groups in total. The predicted molar refractivity (Wildman–Crippen MR) is 95.9 cm³/mol. The van der Waals surface area contributed by atoms with Crippen molar-refractivity contribution in [1.82, 2.24) is 10.4 Å². The van der Waals surface area contributed by atoms with E-state index in [2.05, 4.69) is 12.2 Å². The quantitative estimate of drug-likeness (QED) is 0.748. The standard InChI is InChI=1S/C20H36N2O2/c1-2-3-14-21-18(23)17-15-19(10-6-4-7-11-19)22(24)20(16-17)12-8-5-9-13-20/h17,24H,2-16H2,1H3,(H,21,23). The zero-order valence-electron chi connectivity index (χ0n) is 15.5. The Hall–Kier alpha value is -0.610. The van der Waals surface area contributed by atoms with Gasteiger partial charge in [-0.1, -0.05) is 51.9 Å². The molecule has 3 rings (SSSR count). The average Bonchev–Trinajstić information content (AvgIpc) is 2.61. The Bertz CT molecular complexity index is 397. The maximum Gasteiger partial charge on any atom is 0.223 e. The number of piperidine rings is 1. The summed E-state index contributed by atoms with van der Waals surface area (Å²) in [4.78, 5) is 12.8. The largest absolute Gasteiger partial charge is 0.356 e. The molecule has 138 valence electrons.